The van der Waals surface area contributed by atoms with Crippen molar-refractivity contribution in [2.24, 2.45) is 0 Å². The highest BCUT2D eigenvalue weighted by Gasteiger charge is 2.31. The van der Waals surface area contributed by atoms with Crippen LogP contribution in [0.1, 0.15) is 45.7 Å². The van der Waals surface area contributed by atoms with Crippen LogP contribution in [0.2, 0.25) is 0 Å². The molecule has 5 nitrogen and oxygen atoms in total. The molecule has 2 aromatic carbocycles. The van der Waals surface area contributed by atoms with Gasteiger partial charge in [-0.25, -0.2) is 4.39 Å². The third kappa shape index (κ3) is 2.88. The van der Waals surface area contributed by atoms with Gasteiger partial charge in [0, 0.05) is 12.1 Å². The topological polar surface area (TPSA) is 78.4 Å². The fraction of sp³-hybridized carbons (Fsp3) is 0.222. The van der Waals surface area contributed by atoms with Crippen LogP contribution in [0.15, 0.2) is 36.4 Å². The van der Waals surface area contributed by atoms with Gasteiger partial charge in [0.05, 0.1) is 16.9 Å². The molecule has 2 amide bonds. The highest BCUT2D eigenvalue weighted by Crippen LogP contribution is 2.33. The summed E-state index contributed by atoms with van der Waals surface area (Å²) in [5.41, 5.74) is 1.21. The maximum absolute atomic E-state index is 13.0. The molecule has 1 aliphatic heterocycles. The first-order valence-corrected chi connectivity index (χ1v) is 7.51. The number of rotatable bonds is 3. The van der Waals surface area contributed by atoms with E-state index >= 15 is 0 Å². The number of nitrogens with one attached hydrogen (secondary N) is 2. The zero-order valence-electron chi connectivity index (χ0n) is 13.3. The maximum atomic E-state index is 13.0. The molecule has 0 atom stereocenters. The maximum Gasteiger partial charge on any atom is 0.255 e. The number of hydrogen-bond acceptors (Lipinski definition) is 3. The van der Waals surface area contributed by atoms with Crippen LogP contribution < -0.4 is 10.6 Å². The van der Waals surface area contributed by atoms with Crippen LogP contribution in [0.25, 0.3) is 0 Å². The first-order valence-electron chi connectivity index (χ1n) is 7.51. The van der Waals surface area contributed by atoms with E-state index in [0.717, 1.165) is 0 Å². The Labute approximate surface area is 138 Å². The Hall–Kier alpha value is -2.73. The molecule has 124 valence electrons. The molecule has 6 heteroatoms. The van der Waals surface area contributed by atoms with Crippen LogP contribution in [0.5, 0.6) is 0 Å². The van der Waals surface area contributed by atoms with Gasteiger partial charge in [-0.3, -0.25) is 9.59 Å². The Morgan fingerprint density at radius 1 is 1.21 bits per heavy atom. The average Bonchev–Trinajstić information content (AvgIpc) is 2.89. The number of carbonyl (C=O) groups is 2. The van der Waals surface area contributed by atoms with Crippen molar-refractivity contribution < 1.29 is 19.1 Å². The highest BCUT2D eigenvalue weighted by molar-refractivity contribution is 6.10. The van der Waals surface area contributed by atoms with Crippen LogP contribution in [-0.2, 0) is 12.1 Å². The van der Waals surface area contributed by atoms with Crippen LogP contribution >= 0.6 is 0 Å². The van der Waals surface area contributed by atoms with Crippen molar-refractivity contribution in [3.8, 4) is 0 Å². The Morgan fingerprint density at radius 2 is 1.88 bits per heavy atom. The van der Waals surface area contributed by atoms with Gasteiger partial charge in [-0.1, -0.05) is 6.07 Å². The van der Waals surface area contributed by atoms with Gasteiger partial charge < -0.3 is 15.7 Å². The lowest BCUT2D eigenvalue weighted by molar-refractivity contribution is 0.0776. The van der Waals surface area contributed by atoms with Crippen LogP contribution in [-0.4, -0.2) is 16.9 Å². The average molecular weight is 328 g/mol. The molecule has 0 aromatic heterocycles. The fourth-order valence-electron chi connectivity index (χ4n) is 2.82. The second-order valence-electron chi connectivity index (χ2n) is 6.22. The molecule has 1 heterocycles. The van der Waals surface area contributed by atoms with Gasteiger partial charge in [0.2, 0.25) is 0 Å². The molecular weight excluding hydrogens is 311 g/mol. The van der Waals surface area contributed by atoms with E-state index in [1.807, 2.05) is 0 Å². The lowest BCUT2D eigenvalue weighted by Gasteiger charge is -2.22. The summed E-state index contributed by atoms with van der Waals surface area (Å²) in [6.45, 7) is 3.58. The number of fused-ring (bicyclic) bond motifs is 1. The van der Waals surface area contributed by atoms with Gasteiger partial charge in [-0.2, -0.15) is 0 Å². The van der Waals surface area contributed by atoms with Gasteiger partial charge in [0.15, 0.2) is 0 Å². The quantitative estimate of drug-likeness (QED) is 0.810. The van der Waals surface area contributed by atoms with Crippen LogP contribution in [0.4, 0.5) is 10.1 Å². The minimum atomic E-state index is -1.10. The predicted molar refractivity (Wildman–Crippen MR) is 87.2 cm³/mol. The number of benzene rings is 2. The summed E-state index contributed by atoms with van der Waals surface area (Å²) in [6, 6.07) is 8.43. The first kappa shape index (κ1) is 16.1. The van der Waals surface area contributed by atoms with Crippen molar-refractivity contribution in [1.29, 1.82) is 0 Å². The third-order valence-corrected chi connectivity index (χ3v) is 3.98. The van der Waals surface area contributed by atoms with Gasteiger partial charge in [0.1, 0.15) is 5.82 Å². The Balaban J connectivity index is 1.98. The molecule has 3 rings (SSSR count). The van der Waals surface area contributed by atoms with Crippen molar-refractivity contribution in [2.45, 2.75) is 26.0 Å². The molecule has 24 heavy (non-hydrogen) atoms. The molecule has 2 aromatic rings. The van der Waals surface area contributed by atoms with E-state index in [2.05, 4.69) is 10.6 Å². The minimum absolute atomic E-state index is 0.287. The van der Waals surface area contributed by atoms with E-state index in [1.54, 1.807) is 26.0 Å². The SMILES string of the molecule is CC(C)(O)c1ccc(NC(=O)c2ccc(F)cc2)c2c1CNC2=O. The van der Waals surface area contributed by atoms with Crippen LogP contribution in [0.3, 0.4) is 0 Å². The van der Waals surface area contributed by atoms with Gasteiger partial charge >= 0.3 is 0 Å². The standard InChI is InChI=1S/C18H17FN2O3/c1-18(2,24)13-7-8-14(15-12(13)9-20-17(15)23)21-16(22)10-3-5-11(19)6-4-10/h3-8,24H,9H2,1-2H3,(H,20,23)(H,21,22). The zero-order valence-corrected chi connectivity index (χ0v) is 13.3. The molecule has 0 aliphatic carbocycles. The van der Waals surface area contributed by atoms with Gasteiger partial charge in [-0.05, 0) is 55.3 Å². The van der Waals surface area contributed by atoms with Gasteiger partial charge in [-0.15, -0.1) is 0 Å². The number of hydrogen-bond donors (Lipinski definition) is 3. The number of aliphatic hydroxyl groups is 1. The monoisotopic (exact) mass is 328 g/mol. The number of anilines is 1. The fourth-order valence-corrected chi connectivity index (χ4v) is 2.82. The number of carbonyl (C=O) groups excluding carboxylic acids is 2. The summed E-state index contributed by atoms with van der Waals surface area (Å²) in [5.74, 6) is -1.17. The Kier molecular flexibility index (Phi) is 3.85. The zero-order chi connectivity index (χ0) is 17.5. The summed E-state index contributed by atoms with van der Waals surface area (Å²) in [6.07, 6.45) is 0. The molecule has 0 fully saturated rings. The van der Waals surface area contributed by atoms with E-state index in [4.69, 9.17) is 0 Å². The molecule has 0 saturated carbocycles. The summed E-state index contributed by atoms with van der Waals surface area (Å²) in [7, 11) is 0. The first-order chi connectivity index (χ1) is 11.3. The Morgan fingerprint density at radius 3 is 2.50 bits per heavy atom. The van der Waals surface area contributed by atoms with Gasteiger partial charge in [0.25, 0.3) is 11.8 Å². The molecule has 1 aliphatic rings. The Bertz CT molecular complexity index is 823. The minimum Gasteiger partial charge on any atom is -0.386 e. The largest absolute Gasteiger partial charge is 0.386 e. The summed E-state index contributed by atoms with van der Waals surface area (Å²) >= 11 is 0. The van der Waals surface area contributed by atoms with Crippen molar-refractivity contribution in [3.63, 3.8) is 0 Å². The van der Waals surface area contributed by atoms with Crippen LogP contribution in [0, 0.1) is 5.82 Å². The molecule has 0 saturated heterocycles. The number of amides is 2. The second kappa shape index (κ2) is 5.72. The molecule has 0 radical (unpaired) electrons. The molecule has 0 spiro atoms. The highest BCUT2D eigenvalue weighted by atomic mass is 19.1. The molecule has 0 bridgehead atoms. The third-order valence-electron chi connectivity index (χ3n) is 3.98. The lowest BCUT2D eigenvalue weighted by Crippen LogP contribution is -2.20. The smallest absolute Gasteiger partial charge is 0.255 e. The van der Waals surface area contributed by atoms with E-state index in [0.29, 0.717) is 28.9 Å². The van der Waals surface area contributed by atoms with E-state index in [-0.39, 0.29) is 11.5 Å². The summed E-state index contributed by atoms with van der Waals surface area (Å²) < 4.78 is 13.0. The molecular formula is C18H17FN2O3. The second-order valence-corrected chi connectivity index (χ2v) is 6.22. The normalized spacial score (nSPS) is 13.4. The predicted octanol–water partition coefficient (Wildman–Crippen LogP) is 2.55. The molecule has 0 unspecified atom stereocenters. The molecule has 3 N–H and O–H groups in total. The van der Waals surface area contributed by atoms with Crippen molar-refractivity contribution in [2.75, 3.05) is 5.32 Å². The van der Waals surface area contributed by atoms with E-state index in [1.165, 1.54) is 24.3 Å². The van der Waals surface area contributed by atoms with E-state index < -0.39 is 17.3 Å². The van der Waals surface area contributed by atoms with E-state index in [9.17, 15) is 19.1 Å². The van der Waals surface area contributed by atoms with Crippen molar-refractivity contribution >= 4 is 17.5 Å². The number of halogens is 1. The summed E-state index contributed by atoms with van der Waals surface area (Å²) in [5, 5.41) is 15.6. The van der Waals surface area contributed by atoms with Crippen molar-refractivity contribution in [3.05, 3.63) is 64.5 Å². The lowest BCUT2D eigenvalue weighted by atomic mass is 9.90. The van der Waals surface area contributed by atoms with Crippen molar-refractivity contribution in [1.82, 2.24) is 5.32 Å². The summed E-state index contributed by atoms with van der Waals surface area (Å²) in [4.78, 5) is 24.4.